The normalized spacial score (nSPS) is 11.8. The van der Waals surface area contributed by atoms with E-state index < -0.39 is 31.6 Å². The standard InChI is InChI=1S/C42H32O2Te/c43-41(33-13-5-1-6-14-33,34-15-7-2-8-16-34)37-25-21-31(22-26-37)39-29-30-40(45-39)32-23-27-38(28-24-32)42(44,35-17-9-3-10-18-35)36-19-11-4-12-20-36/h1-30,43-44H. The Morgan fingerprint density at radius 3 is 0.800 bits per heavy atom. The molecule has 0 saturated carbocycles. The van der Waals surface area contributed by atoms with E-state index in [0.717, 1.165) is 33.4 Å². The molecule has 45 heavy (non-hydrogen) atoms. The van der Waals surface area contributed by atoms with Crippen molar-refractivity contribution < 1.29 is 10.2 Å². The fourth-order valence-electron chi connectivity index (χ4n) is 6.12. The Bertz CT molecular complexity index is 1760. The van der Waals surface area contributed by atoms with E-state index in [1.807, 2.05) is 121 Å². The minimum absolute atomic E-state index is 0.626. The van der Waals surface area contributed by atoms with Crippen LogP contribution in [-0.2, 0) is 11.2 Å². The number of hydrogen-bond acceptors (Lipinski definition) is 2. The summed E-state index contributed by atoms with van der Waals surface area (Å²) in [5.74, 6) is 0. The molecule has 2 N–H and O–H groups in total. The zero-order valence-corrected chi connectivity index (χ0v) is 27.0. The Hall–Kier alpha value is -4.49. The first kappa shape index (κ1) is 29.2. The van der Waals surface area contributed by atoms with Gasteiger partial charge in [-0.05, 0) is 0 Å². The van der Waals surface area contributed by atoms with Crippen LogP contribution in [0.1, 0.15) is 33.4 Å². The van der Waals surface area contributed by atoms with Gasteiger partial charge < -0.3 is 0 Å². The quantitative estimate of drug-likeness (QED) is 0.123. The van der Waals surface area contributed by atoms with E-state index in [1.54, 1.807) is 0 Å². The summed E-state index contributed by atoms with van der Waals surface area (Å²) < 4.78 is 2.72. The summed E-state index contributed by atoms with van der Waals surface area (Å²) in [5, 5.41) is 24.3. The van der Waals surface area contributed by atoms with Crippen LogP contribution in [0.15, 0.2) is 182 Å². The Kier molecular flexibility index (Phi) is 8.11. The Morgan fingerprint density at radius 1 is 0.289 bits per heavy atom. The molecule has 0 aliphatic carbocycles. The molecule has 0 radical (unpaired) electrons. The van der Waals surface area contributed by atoms with E-state index in [9.17, 15) is 10.2 Å². The number of rotatable bonds is 8. The fraction of sp³-hybridized carbons (Fsp3) is 0.0476. The number of aliphatic hydroxyl groups is 2. The van der Waals surface area contributed by atoms with Crippen LogP contribution < -0.4 is 0 Å². The second-order valence-corrected chi connectivity index (χ2v) is 14.3. The number of benzene rings is 6. The summed E-state index contributed by atoms with van der Waals surface area (Å²) in [6.45, 7) is 0. The zero-order valence-electron chi connectivity index (χ0n) is 24.6. The van der Waals surface area contributed by atoms with E-state index in [-0.39, 0.29) is 0 Å². The van der Waals surface area contributed by atoms with Crippen molar-refractivity contribution in [2.45, 2.75) is 11.2 Å². The van der Waals surface area contributed by atoms with Gasteiger partial charge in [-0.3, -0.25) is 0 Å². The van der Waals surface area contributed by atoms with Gasteiger partial charge in [-0.2, -0.15) is 0 Å². The van der Waals surface area contributed by atoms with Gasteiger partial charge in [0.15, 0.2) is 0 Å². The fourth-order valence-corrected chi connectivity index (χ4v) is 9.02. The predicted octanol–water partition coefficient (Wildman–Crippen LogP) is 8.65. The van der Waals surface area contributed by atoms with Gasteiger partial charge in [0.05, 0.1) is 0 Å². The second-order valence-electron chi connectivity index (χ2n) is 11.2. The van der Waals surface area contributed by atoms with Crippen LogP contribution in [-0.4, -0.2) is 30.6 Å². The average molecular weight is 696 g/mol. The van der Waals surface area contributed by atoms with Crippen molar-refractivity contribution in [3.63, 3.8) is 0 Å². The van der Waals surface area contributed by atoms with E-state index in [1.165, 1.54) is 18.3 Å². The van der Waals surface area contributed by atoms with E-state index in [2.05, 4.69) is 60.7 Å². The summed E-state index contributed by atoms with van der Waals surface area (Å²) in [6.07, 6.45) is 0. The van der Waals surface area contributed by atoms with Crippen molar-refractivity contribution in [3.05, 3.63) is 215 Å². The molecule has 0 unspecified atom stereocenters. The maximum absolute atomic E-state index is 12.2. The molecule has 0 aliphatic rings. The van der Waals surface area contributed by atoms with Crippen LogP contribution in [0.3, 0.4) is 0 Å². The van der Waals surface area contributed by atoms with Crippen molar-refractivity contribution in [1.29, 1.82) is 0 Å². The Labute approximate surface area is 274 Å². The van der Waals surface area contributed by atoms with Crippen LogP contribution in [0.2, 0.25) is 0 Å². The van der Waals surface area contributed by atoms with E-state index >= 15 is 0 Å². The third-order valence-corrected chi connectivity index (χ3v) is 11.9. The summed E-state index contributed by atoms with van der Waals surface area (Å²) in [5.41, 5.74) is 4.96. The third-order valence-electron chi connectivity index (χ3n) is 8.55. The Morgan fingerprint density at radius 2 is 0.533 bits per heavy atom. The van der Waals surface area contributed by atoms with Crippen molar-refractivity contribution in [2.75, 3.05) is 0 Å². The van der Waals surface area contributed by atoms with Gasteiger partial charge in [0.1, 0.15) is 0 Å². The van der Waals surface area contributed by atoms with Crippen molar-refractivity contribution in [1.82, 2.24) is 0 Å². The first-order valence-electron chi connectivity index (χ1n) is 15.1. The molecule has 7 rings (SSSR count). The SMILES string of the molecule is OC(c1ccccc1)(c1ccccc1)c1ccc(-c2ccc(-c3ccc(C(O)(c4ccccc4)c4ccccc4)cc3)[te]2)cc1. The molecule has 0 fully saturated rings. The van der Waals surface area contributed by atoms with Crippen LogP contribution in [0, 0.1) is 0 Å². The minimum atomic E-state index is -1.24. The van der Waals surface area contributed by atoms with E-state index in [0.29, 0.717) is 0 Å². The monoisotopic (exact) mass is 698 g/mol. The summed E-state index contributed by atoms with van der Waals surface area (Å²) >= 11 is -0.626. The molecule has 0 atom stereocenters. The topological polar surface area (TPSA) is 40.5 Å². The number of hydrogen-bond donors (Lipinski definition) is 2. The molecular formula is C42H32O2Te. The zero-order chi connectivity index (χ0) is 30.7. The molecular weight excluding hydrogens is 664 g/mol. The van der Waals surface area contributed by atoms with Crippen LogP contribution in [0.4, 0.5) is 0 Å². The first-order chi connectivity index (χ1) is 22.1. The van der Waals surface area contributed by atoms with Crippen LogP contribution in [0.5, 0.6) is 0 Å². The molecule has 0 aliphatic heterocycles. The van der Waals surface area contributed by atoms with Gasteiger partial charge in [-0.25, -0.2) is 0 Å². The van der Waals surface area contributed by atoms with Gasteiger partial charge in [-0.1, -0.05) is 0 Å². The third kappa shape index (κ3) is 5.50. The molecule has 0 saturated heterocycles. The molecule has 0 amide bonds. The van der Waals surface area contributed by atoms with Crippen LogP contribution >= 0.6 is 0 Å². The molecule has 6 aromatic carbocycles. The van der Waals surface area contributed by atoms with Gasteiger partial charge in [0.2, 0.25) is 0 Å². The summed E-state index contributed by atoms with van der Waals surface area (Å²) in [4.78, 5) is 0. The van der Waals surface area contributed by atoms with Gasteiger partial charge in [0, 0.05) is 0 Å². The molecule has 0 spiro atoms. The van der Waals surface area contributed by atoms with Crippen molar-refractivity contribution in [2.24, 2.45) is 0 Å². The van der Waals surface area contributed by atoms with E-state index in [4.69, 9.17) is 0 Å². The molecule has 218 valence electrons. The first-order valence-corrected chi connectivity index (χ1v) is 17.4. The molecule has 2 nitrogen and oxygen atoms in total. The second kappa shape index (κ2) is 12.5. The average Bonchev–Trinajstić information content (AvgIpc) is 3.63. The Balaban J connectivity index is 1.18. The van der Waals surface area contributed by atoms with Crippen molar-refractivity contribution >= 4 is 20.4 Å². The van der Waals surface area contributed by atoms with Gasteiger partial charge in [0.25, 0.3) is 0 Å². The van der Waals surface area contributed by atoms with Crippen LogP contribution in [0.25, 0.3) is 18.3 Å². The maximum atomic E-state index is 12.2. The van der Waals surface area contributed by atoms with Gasteiger partial charge >= 0.3 is 276 Å². The summed E-state index contributed by atoms with van der Waals surface area (Å²) in [7, 11) is 0. The molecule has 7 aromatic rings. The van der Waals surface area contributed by atoms with Gasteiger partial charge in [-0.15, -0.1) is 0 Å². The molecule has 0 bridgehead atoms. The molecule has 3 heteroatoms. The molecule has 1 aromatic heterocycles. The van der Waals surface area contributed by atoms with Crippen molar-refractivity contribution in [3.8, 4) is 18.3 Å². The molecule has 1 heterocycles. The summed E-state index contributed by atoms with van der Waals surface area (Å²) in [6, 6.07) is 60.8. The predicted molar refractivity (Wildman–Crippen MR) is 184 cm³/mol.